The van der Waals surface area contributed by atoms with Gasteiger partial charge in [-0.05, 0) is 22.6 Å². The number of aromatic nitrogens is 3. The molecule has 2 aromatic heterocycles. The first-order valence-corrected chi connectivity index (χ1v) is 5.24. The zero-order valence-corrected chi connectivity index (χ0v) is 9.41. The molecular weight excluding hydrogens is 220 g/mol. The molecule has 0 aliphatic rings. The Balaban J connectivity index is 2.14. The van der Waals surface area contributed by atoms with Gasteiger partial charge in [-0.25, -0.2) is 9.55 Å². The van der Waals surface area contributed by atoms with E-state index in [-0.39, 0.29) is 5.82 Å². The molecule has 0 fully saturated rings. The van der Waals surface area contributed by atoms with Gasteiger partial charge >= 0.3 is 5.82 Å². The lowest BCUT2D eigenvalue weighted by atomic mass is 10.2. The second kappa shape index (κ2) is 4.73. The third-order valence-electron chi connectivity index (χ3n) is 2.59. The van der Waals surface area contributed by atoms with Crippen LogP contribution < -0.4 is 0 Å². The predicted octanol–water partition coefficient (Wildman–Crippen LogP) is 1.74. The van der Waals surface area contributed by atoms with Crippen LogP contribution in [0.5, 0.6) is 0 Å². The van der Waals surface area contributed by atoms with E-state index in [2.05, 4.69) is 9.97 Å². The van der Waals surface area contributed by atoms with Gasteiger partial charge in [-0.1, -0.05) is 0 Å². The zero-order valence-electron chi connectivity index (χ0n) is 9.41. The molecule has 0 bridgehead atoms. The van der Waals surface area contributed by atoms with E-state index in [0.717, 1.165) is 12.0 Å². The molecule has 0 atom stereocenters. The van der Waals surface area contributed by atoms with Gasteiger partial charge in [0, 0.05) is 25.7 Å². The Labute approximate surface area is 98.1 Å². The summed E-state index contributed by atoms with van der Waals surface area (Å²) >= 11 is 0. The topological polar surface area (TPSA) is 73.8 Å². The monoisotopic (exact) mass is 232 g/mol. The minimum Gasteiger partial charge on any atom is -0.358 e. The van der Waals surface area contributed by atoms with Crippen LogP contribution in [-0.2, 0) is 13.0 Å². The van der Waals surface area contributed by atoms with Crippen molar-refractivity contribution in [2.75, 3.05) is 0 Å². The summed E-state index contributed by atoms with van der Waals surface area (Å²) < 4.78 is 1.61. The Bertz CT molecular complexity index is 522. The van der Waals surface area contributed by atoms with E-state index in [4.69, 9.17) is 0 Å². The number of nitro groups is 1. The molecule has 0 aromatic carbocycles. The van der Waals surface area contributed by atoms with Crippen LogP contribution in [0.15, 0.2) is 30.7 Å². The van der Waals surface area contributed by atoms with Crippen LogP contribution in [0.2, 0.25) is 0 Å². The van der Waals surface area contributed by atoms with Crippen molar-refractivity contribution in [2.24, 2.45) is 0 Å². The number of aryl methyl sites for hydroxylation is 2. The molecule has 6 nitrogen and oxygen atoms in total. The van der Waals surface area contributed by atoms with E-state index in [1.54, 1.807) is 23.9 Å². The highest BCUT2D eigenvalue weighted by Gasteiger charge is 2.16. The average Bonchev–Trinajstić information content (AvgIpc) is 2.69. The van der Waals surface area contributed by atoms with Gasteiger partial charge in [0.05, 0.1) is 6.54 Å². The summed E-state index contributed by atoms with van der Waals surface area (Å²) in [6, 6.07) is 3.80. The maximum Gasteiger partial charge on any atom is 0.342 e. The van der Waals surface area contributed by atoms with E-state index < -0.39 is 4.92 Å². The second-order valence-electron chi connectivity index (χ2n) is 3.68. The molecule has 2 aromatic rings. The fourth-order valence-corrected chi connectivity index (χ4v) is 1.67. The van der Waals surface area contributed by atoms with Gasteiger partial charge in [0.1, 0.15) is 6.20 Å². The molecule has 88 valence electrons. The molecule has 0 saturated carbocycles. The van der Waals surface area contributed by atoms with Crippen molar-refractivity contribution >= 4 is 5.82 Å². The molecule has 0 radical (unpaired) electrons. The number of hydrogen-bond donors (Lipinski definition) is 0. The lowest BCUT2D eigenvalue weighted by Gasteiger charge is -2.02. The van der Waals surface area contributed by atoms with E-state index in [9.17, 15) is 10.1 Å². The number of rotatable bonds is 4. The van der Waals surface area contributed by atoms with E-state index >= 15 is 0 Å². The molecule has 0 N–H and O–H groups in total. The van der Waals surface area contributed by atoms with Gasteiger partial charge in [0.25, 0.3) is 0 Å². The highest BCUT2D eigenvalue weighted by molar-refractivity contribution is 5.19. The lowest BCUT2D eigenvalue weighted by Crippen LogP contribution is -2.07. The first-order valence-electron chi connectivity index (χ1n) is 5.24. The fourth-order valence-electron chi connectivity index (χ4n) is 1.67. The van der Waals surface area contributed by atoms with Gasteiger partial charge in [-0.2, -0.15) is 0 Å². The van der Waals surface area contributed by atoms with Gasteiger partial charge in [0.15, 0.2) is 5.82 Å². The van der Waals surface area contributed by atoms with Crippen LogP contribution in [0.1, 0.15) is 11.4 Å². The van der Waals surface area contributed by atoms with Gasteiger partial charge in [0.2, 0.25) is 0 Å². The van der Waals surface area contributed by atoms with E-state index in [1.807, 2.05) is 12.1 Å². The van der Waals surface area contributed by atoms with Crippen LogP contribution in [0.3, 0.4) is 0 Å². The van der Waals surface area contributed by atoms with Crippen molar-refractivity contribution in [3.8, 4) is 0 Å². The van der Waals surface area contributed by atoms with Crippen molar-refractivity contribution in [2.45, 2.75) is 19.9 Å². The number of nitrogens with zero attached hydrogens (tertiary/aromatic N) is 4. The minimum atomic E-state index is -0.410. The van der Waals surface area contributed by atoms with Crippen LogP contribution >= 0.6 is 0 Å². The molecule has 0 aliphatic carbocycles. The molecule has 0 amide bonds. The maximum atomic E-state index is 10.8. The van der Waals surface area contributed by atoms with Crippen LogP contribution in [0.25, 0.3) is 0 Å². The minimum absolute atomic E-state index is 0.0385. The third kappa shape index (κ3) is 2.47. The second-order valence-corrected chi connectivity index (χ2v) is 3.68. The summed E-state index contributed by atoms with van der Waals surface area (Å²) in [7, 11) is 0. The highest BCUT2D eigenvalue weighted by Crippen LogP contribution is 2.14. The normalized spacial score (nSPS) is 10.4. The van der Waals surface area contributed by atoms with Crippen molar-refractivity contribution in [1.82, 2.24) is 14.5 Å². The molecular formula is C11H12N4O2. The Kier molecular flexibility index (Phi) is 3.13. The predicted molar refractivity (Wildman–Crippen MR) is 61.6 cm³/mol. The Morgan fingerprint density at radius 3 is 2.76 bits per heavy atom. The number of imidazole rings is 1. The zero-order chi connectivity index (χ0) is 12.3. The van der Waals surface area contributed by atoms with Gasteiger partial charge < -0.3 is 10.1 Å². The molecule has 0 aliphatic heterocycles. The van der Waals surface area contributed by atoms with Gasteiger partial charge in [-0.3, -0.25) is 4.98 Å². The first kappa shape index (κ1) is 11.3. The SMILES string of the molecule is Cc1ncc([N+](=O)[O-])n1CCc1ccncc1. The average molecular weight is 232 g/mol. The highest BCUT2D eigenvalue weighted by atomic mass is 16.6. The summed E-state index contributed by atoms with van der Waals surface area (Å²) in [5.74, 6) is 0.697. The Morgan fingerprint density at radius 1 is 1.41 bits per heavy atom. The third-order valence-corrected chi connectivity index (χ3v) is 2.59. The summed E-state index contributed by atoms with van der Waals surface area (Å²) in [4.78, 5) is 18.3. The molecule has 6 heteroatoms. The standard InChI is InChI=1S/C11H12N4O2/c1-9-13-8-11(15(16)17)14(9)7-4-10-2-5-12-6-3-10/h2-3,5-6,8H,4,7H2,1H3. The maximum absolute atomic E-state index is 10.8. The van der Waals surface area contributed by atoms with Crippen molar-refractivity contribution in [3.05, 3.63) is 52.2 Å². The number of pyridine rings is 1. The van der Waals surface area contributed by atoms with Crippen molar-refractivity contribution < 1.29 is 4.92 Å². The molecule has 2 heterocycles. The van der Waals surface area contributed by atoms with E-state index in [1.165, 1.54) is 6.20 Å². The summed E-state index contributed by atoms with van der Waals surface area (Å²) in [5, 5.41) is 10.8. The molecule has 2 rings (SSSR count). The van der Waals surface area contributed by atoms with Crippen LogP contribution in [0, 0.1) is 17.0 Å². The first-order chi connectivity index (χ1) is 8.18. The summed E-state index contributed by atoms with van der Waals surface area (Å²) in [6.07, 6.45) is 5.44. The molecule has 0 spiro atoms. The molecule has 0 unspecified atom stereocenters. The van der Waals surface area contributed by atoms with Crippen molar-refractivity contribution in [3.63, 3.8) is 0 Å². The summed E-state index contributed by atoms with van der Waals surface area (Å²) in [5.41, 5.74) is 1.10. The summed E-state index contributed by atoms with van der Waals surface area (Å²) in [6.45, 7) is 2.31. The van der Waals surface area contributed by atoms with Gasteiger partial charge in [-0.15, -0.1) is 0 Å². The van der Waals surface area contributed by atoms with Crippen molar-refractivity contribution in [1.29, 1.82) is 0 Å². The smallest absolute Gasteiger partial charge is 0.342 e. The van der Waals surface area contributed by atoms with E-state index in [0.29, 0.717) is 12.4 Å². The van der Waals surface area contributed by atoms with Crippen LogP contribution in [-0.4, -0.2) is 19.5 Å². The quantitative estimate of drug-likeness (QED) is 0.594. The largest absolute Gasteiger partial charge is 0.358 e. The lowest BCUT2D eigenvalue weighted by molar-refractivity contribution is -0.392. The number of hydrogen-bond acceptors (Lipinski definition) is 4. The molecule has 17 heavy (non-hydrogen) atoms. The Morgan fingerprint density at radius 2 is 2.12 bits per heavy atom. The fraction of sp³-hybridized carbons (Fsp3) is 0.273. The molecule has 0 saturated heterocycles. The Hall–Kier alpha value is -2.24. The van der Waals surface area contributed by atoms with Crippen LogP contribution in [0.4, 0.5) is 5.82 Å².